The minimum atomic E-state index is -1.05. The zero-order valence-electron chi connectivity index (χ0n) is 14.8. The normalized spacial score (nSPS) is 20.0. The van der Waals surface area contributed by atoms with Gasteiger partial charge in [0.25, 0.3) is 0 Å². The summed E-state index contributed by atoms with van der Waals surface area (Å²) >= 11 is 0. The van der Waals surface area contributed by atoms with E-state index in [2.05, 4.69) is 0 Å². The van der Waals surface area contributed by atoms with Crippen LogP contribution in [0.5, 0.6) is 11.5 Å². The van der Waals surface area contributed by atoms with Crippen molar-refractivity contribution in [1.82, 2.24) is 4.90 Å². The number of aliphatic hydroxyl groups excluding tert-OH is 1. The molecule has 138 valence electrons. The number of aromatic carboxylic acids is 1. The third kappa shape index (κ3) is 4.85. The number of hydrogen-bond acceptors (Lipinski definition) is 5. The van der Waals surface area contributed by atoms with E-state index in [1.165, 1.54) is 25.3 Å². The fourth-order valence-electron chi connectivity index (χ4n) is 2.93. The van der Waals surface area contributed by atoms with Gasteiger partial charge in [-0.3, -0.25) is 4.79 Å². The smallest absolute Gasteiger partial charge is 0.335 e. The molecule has 1 aliphatic heterocycles. The number of ether oxygens (including phenoxy) is 2. The van der Waals surface area contributed by atoms with Crippen molar-refractivity contribution in [2.75, 3.05) is 20.3 Å². The number of methoxy groups -OCH3 is 1. The zero-order chi connectivity index (χ0) is 18.6. The van der Waals surface area contributed by atoms with Crippen molar-refractivity contribution in [3.05, 3.63) is 23.8 Å². The van der Waals surface area contributed by atoms with Crippen LogP contribution in [-0.4, -0.2) is 59.4 Å². The van der Waals surface area contributed by atoms with Crippen molar-refractivity contribution in [2.24, 2.45) is 5.92 Å². The lowest BCUT2D eigenvalue weighted by atomic mass is 10.1. The molecule has 1 saturated heterocycles. The quantitative estimate of drug-likeness (QED) is 0.777. The number of nitrogens with zero attached hydrogens (tertiary/aromatic N) is 1. The van der Waals surface area contributed by atoms with Gasteiger partial charge in [-0.1, -0.05) is 13.8 Å². The molecule has 0 spiro atoms. The number of carbonyl (C=O) groups is 2. The van der Waals surface area contributed by atoms with E-state index in [9.17, 15) is 14.7 Å². The molecule has 1 heterocycles. The summed E-state index contributed by atoms with van der Waals surface area (Å²) in [7, 11) is 1.44. The van der Waals surface area contributed by atoms with Crippen LogP contribution in [0.2, 0.25) is 0 Å². The maximum Gasteiger partial charge on any atom is 0.335 e. The first-order valence-corrected chi connectivity index (χ1v) is 8.33. The van der Waals surface area contributed by atoms with E-state index < -0.39 is 12.1 Å². The molecule has 2 N–H and O–H groups in total. The van der Waals surface area contributed by atoms with E-state index in [0.29, 0.717) is 30.9 Å². The Kier molecular flexibility index (Phi) is 6.25. The molecule has 1 fully saturated rings. The molecule has 7 nitrogen and oxygen atoms in total. The Morgan fingerprint density at radius 1 is 1.32 bits per heavy atom. The van der Waals surface area contributed by atoms with Gasteiger partial charge in [0.2, 0.25) is 5.91 Å². The van der Waals surface area contributed by atoms with E-state index >= 15 is 0 Å². The molecule has 0 radical (unpaired) electrons. The first-order valence-electron chi connectivity index (χ1n) is 8.33. The topological polar surface area (TPSA) is 96.3 Å². The highest BCUT2D eigenvalue weighted by Gasteiger charge is 2.34. The lowest BCUT2D eigenvalue weighted by Gasteiger charge is -2.25. The second kappa shape index (κ2) is 8.20. The molecule has 0 bridgehead atoms. The van der Waals surface area contributed by atoms with Crippen molar-refractivity contribution < 1.29 is 29.3 Å². The van der Waals surface area contributed by atoms with Gasteiger partial charge in [-0.25, -0.2) is 4.79 Å². The Hall–Kier alpha value is -2.28. The van der Waals surface area contributed by atoms with Crippen molar-refractivity contribution in [3.8, 4) is 11.5 Å². The van der Waals surface area contributed by atoms with Crippen molar-refractivity contribution in [2.45, 2.75) is 38.8 Å². The largest absolute Gasteiger partial charge is 0.493 e. The number of rotatable bonds is 7. The number of β-amino-alcohol motifs (C(OH)–C–C–N with tert-alkyl or cyclic N) is 1. The van der Waals surface area contributed by atoms with Crippen molar-refractivity contribution in [3.63, 3.8) is 0 Å². The summed E-state index contributed by atoms with van der Waals surface area (Å²) < 4.78 is 10.9. The van der Waals surface area contributed by atoms with Crippen LogP contribution in [0.4, 0.5) is 0 Å². The van der Waals surface area contributed by atoms with Gasteiger partial charge in [-0.15, -0.1) is 0 Å². The first kappa shape index (κ1) is 19.1. The molecule has 0 aliphatic carbocycles. The van der Waals surface area contributed by atoms with Crippen LogP contribution in [0, 0.1) is 5.92 Å². The van der Waals surface area contributed by atoms with E-state index in [4.69, 9.17) is 14.6 Å². The Labute approximate surface area is 147 Å². The SMILES string of the molecule is COc1cc(C(=O)O)ccc1OC[C@@H]1C[C@H](O)CN1C(=O)CC(C)C. The fourth-order valence-corrected chi connectivity index (χ4v) is 2.93. The van der Waals surface area contributed by atoms with Gasteiger partial charge in [0.1, 0.15) is 6.61 Å². The monoisotopic (exact) mass is 351 g/mol. The minimum absolute atomic E-state index is 0.00772. The van der Waals surface area contributed by atoms with Gasteiger partial charge in [0.15, 0.2) is 11.5 Å². The molecule has 1 aromatic carbocycles. The highest BCUT2D eigenvalue weighted by molar-refractivity contribution is 5.88. The van der Waals surface area contributed by atoms with Crippen LogP contribution < -0.4 is 9.47 Å². The summed E-state index contributed by atoms with van der Waals surface area (Å²) in [6.45, 7) is 4.48. The van der Waals surface area contributed by atoms with Crippen LogP contribution in [0.25, 0.3) is 0 Å². The minimum Gasteiger partial charge on any atom is -0.493 e. The van der Waals surface area contributed by atoms with Crippen LogP contribution in [0.15, 0.2) is 18.2 Å². The lowest BCUT2D eigenvalue weighted by Crippen LogP contribution is -2.39. The van der Waals surface area contributed by atoms with Crippen molar-refractivity contribution >= 4 is 11.9 Å². The maximum absolute atomic E-state index is 12.3. The summed E-state index contributed by atoms with van der Waals surface area (Å²) in [5.41, 5.74) is 0.106. The molecule has 0 aromatic heterocycles. The summed E-state index contributed by atoms with van der Waals surface area (Å²) in [5, 5.41) is 18.9. The molecule has 1 aliphatic rings. The lowest BCUT2D eigenvalue weighted by molar-refractivity contribution is -0.133. The van der Waals surface area contributed by atoms with Gasteiger partial charge in [-0.2, -0.15) is 0 Å². The van der Waals surface area contributed by atoms with Gasteiger partial charge in [0.05, 0.1) is 24.8 Å². The third-order valence-electron chi connectivity index (χ3n) is 4.14. The molecule has 2 rings (SSSR count). The number of aliphatic hydroxyl groups is 1. The number of amides is 1. The number of likely N-dealkylation sites (tertiary alicyclic amines) is 1. The molecular weight excluding hydrogens is 326 g/mol. The molecule has 1 aromatic rings. The Balaban J connectivity index is 2.06. The number of carboxylic acid groups (broad SMARTS) is 1. The van der Waals surface area contributed by atoms with Crippen molar-refractivity contribution in [1.29, 1.82) is 0 Å². The second-order valence-electron chi connectivity index (χ2n) is 6.67. The van der Waals surface area contributed by atoms with E-state index in [0.717, 1.165) is 0 Å². The number of benzene rings is 1. The van der Waals surface area contributed by atoms with Crippen LogP contribution >= 0.6 is 0 Å². The Bertz CT molecular complexity index is 630. The Morgan fingerprint density at radius 3 is 2.64 bits per heavy atom. The molecule has 0 unspecified atom stereocenters. The molecule has 1 amide bonds. The summed E-state index contributed by atoms with van der Waals surface area (Å²) in [6, 6.07) is 4.15. The van der Waals surface area contributed by atoms with E-state index in [1.807, 2.05) is 13.8 Å². The fraction of sp³-hybridized carbons (Fsp3) is 0.556. The predicted octanol–water partition coefficient (Wildman–Crippen LogP) is 1.78. The molecular formula is C18H25NO6. The highest BCUT2D eigenvalue weighted by Crippen LogP contribution is 2.29. The van der Waals surface area contributed by atoms with Gasteiger partial charge < -0.3 is 24.6 Å². The predicted molar refractivity (Wildman–Crippen MR) is 91.0 cm³/mol. The summed E-state index contributed by atoms with van der Waals surface area (Å²) in [6.07, 6.45) is 0.333. The summed E-state index contributed by atoms with van der Waals surface area (Å²) in [4.78, 5) is 25.0. The van der Waals surface area contributed by atoms with Crippen LogP contribution in [0.1, 0.15) is 37.0 Å². The summed E-state index contributed by atoms with van der Waals surface area (Å²) in [5.74, 6) is -0.0679. The van der Waals surface area contributed by atoms with Gasteiger partial charge >= 0.3 is 5.97 Å². The molecule has 7 heteroatoms. The van der Waals surface area contributed by atoms with E-state index in [1.54, 1.807) is 4.90 Å². The third-order valence-corrected chi connectivity index (χ3v) is 4.14. The van der Waals surface area contributed by atoms with Gasteiger partial charge in [0, 0.05) is 13.0 Å². The number of carboxylic acids is 1. The molecule has 2 atom stereocenters. The first-order chi connectivity index (χ1) is 11.8. The highest BCUT2D eigenvalue weighted by atomic mass is 16.5. The van der Waals surface area contributed by atoms with Crippen LogP contribution in [0.3, 0.4) is 0 Å². The zero-order valence-corrected chi connectivity index (χ0v) is 14.8. The number of carbonyl (C=O) groups excluding carboxylic acids is 1. The standard InChI is InChI=1S/C18H25NO6/c1-11(2)6-17(21)19-9-14(20)8-13(19)10-25-15-5-4-12(18(22)23)7-16(15)24-3/h4-5,7,11,13-14,20H,6,8-10H2,1-3H3,(H,22,23)/t13-,14-/m0/s1. The number of hydrogen-bond donors (Lipinski definition) is 2. The maximum atomic E-state index is 12.3. The Morgan fingerprint density at radius 2 is 2.04 bits per heavy atom. The second-order valence-corrected chi connectivity index (χ2v) is 6.67. The average Bonchev–Trinajstić information content (AvgIpc) is 2.93. The molecule has 25 heavy (non-hydrogen) atoms. The van der Waals surface area contributed by atoms with Crippen LogP contribution in [-0.2, 0) is 4.79 Å². The molecule has 0 saturated carbocycles. The average molecular weight is 351 g/mol. The van der Waals surface area contributed by atoms with E-state index in [-0.39, 0.29) is 30.0 Å². The van der Waals surface area contributed by atoms with Gasteiger partial charge in [-0.05, 0) is 30.5 Å².